The lowest BCUT2D eigenvalue weighted by atomic mass is 10.1. The van der Waals surface area contributed by atoms with Crippen LogP contribution in [0.15, 0.2) is 30.3 Å². The third-order valence-electron chi connectivity index (χ3n) is 2.56. The van der Waals surface area contributed by atoms with Gasteiger partial charge in [-0.1, -0.05) is 38.5 Å². The van der Waals surface area contributed by atoms with Crippen molar-refractivity contribution in [1.82, 2.24) is 5.32 Å². The molecule has 0 aliphatic rings. The summed E-state index contributed by atoms with van der Waals surface area (Å²) in [6.45, 7) is 4.98. The molecule has 0 aliphatic heterocycles. The highest BCUT2D eigenvalue weighted by molar-refractivity contribution is 5.70. The first-order valence-electron chi connectivity index (χ1n) is 5.73. The third-order valence-corrected chi connectivity index (χ3v) is 2.56. The predicted molar refractivity (Wildman–Crippen MR) is 64.5 cm³/mol. The van der Waals surface area contributed by atoms with Crippen LogP contribution in [0.5, 0.6) is 5.75 Å². The minimum absolute atomic E-state index is 0.380. The summed E-state index contributed by atoms with van der Waals surface area (Å²) < 4.78 is 5.08. The predicted octanol–water partition coefficient (Wildman–Crippen LogP) is 3.21. The molecule has 0 aliphatic carbocycles. The Bertz CT molecular complexity index is 311. The molecule has 88 valence electrons. The van der Waals surface area contributed by atoms with E-state index in [-0.39, 0.29) is 6.09 Å². The van der Waals surface area contributed by atoms with Gasteiger partial charge in [0.05, 0.1) is 0 Å². The normalized spacial score (nSPS) is 11.9. The van der Waals surface area contributed by atoms with Crippen molar-refractivity contribution in [2.24, 2.45) is 5.92 Å². The number of hydrogen-bond donors (Lipinski definition) is 1. The Morgan fingerprint density at radius 3 is 2.69 bits per heavy atom. The molecule has 1 amide bonds. The summed E-state index contributed by atoms with van der Waals surface area (Å²) in [6, 6.07) is 9.07. The van der Waals surface area contributed by atoms with Crippen LogP contribution in [0.25, 0.3) is 0 Å². The molecule has 0 heterocycles. The Labute approximate surface area is 96.8 Å². The number of carbonyl (C=O) groups excluding carboxylic acids is 1. The van der Waals surface area contributed by atoms with E-state index in [2.05, 4.69) is 19.2 Å². The second-order valence-electron chi connectivity index (χ2n) is 3.93. The fourth-order valence-corrected chi connectivity index (χ4v) is 1.26. The maximum atomic E-state index is 11.3. The Morgan fingerprint density at radius 1 is 1.38 bits per heavy atom. The van der Waals surface area contributed by atoms with Crippen molar-refractivity contribution >= 4 is 6.09 Å². The van der Waals surface area contributed by atoms with Crippen LogP contribution < -0.4 is 10.1 Å². The molecule has 0 spiro atoms. The standard InChI is InChI=1S/C13H19NO2/c1-3-11(2)9-10-14-13(15)16-12-7-5-4-6-8-12/h4-8,11H,3,9-10H2,1-2H3,(H,14,15). The Kier molecular flexibility index (Phi) is 5.40. The van der Waals surface area contributed by atoms with Crippen molar-refractivity contribution in [3.8, 4) is 5.75 Å². The monoisotopic (exact) mass is 221 g/mol. The molecule has 0 bridgehead atoms. The van der Waals surface area contributed by atoms with Crippen molar-refractivity contribution in [3.63, 3.8) is 0 Å². The summed E-state index contributed by atoms with van der Waals surface area (Å²) in [5, 5.41) is 2.74. The zero-order chi connectivity index (χ0) is 11.8. The Balaban J connectivity index is 2.21. The van der Waals surface area contributed by atoms with Crippen LogP contribution in [0.3, 0.4) is 0 Å². The smallest absolute Gasteiger partial charge is 0.410 e. The average molecular weight is 221 g/mol. The van der Waals surface area contributed by atoms with Crippen LogP contribution in [0, 0.1) is 5.92 Å². The van der Waals surface area contributed by atoms with E-state index in [1.807, 2.05) is 18.2 Å². The van der Waals surface area contributed by atoms with Gasteiger partial charge < -0.3 is 10.1 Å². The van der Waals surface area contributed by atoms with Gasteiger partial charge in [-0.3, -0.25) is 0 Å². The van der Waals surface area contributed by atoms with Gasteiger partial charge in [0, 0.05) is 6.54 Å². The van der Waals surface area contributed by atoms with Crippen LogP contribution in [0.4, 0.5) is 4.79 Å². The fourth-order valence-electron chi connectivity index (χ4n) is 1.26. The van der Waals surface area contributed by atoms with Gasteiger partial charge >= 0.3 is 6.09 Å². The van der Waals surface area contributed by atoms with Gasteiger partial charge in [-0.15, -0.1) is 0 Å². The molecule has 1 aromatic carbocycles. The second-order valence-corrected chi connectivity index (χ2v) is 3.93. The van der Waals surface area contributed by atoms with Gasteiger partial charge in [-0.2, -0.15) is 0 Å². The van der Waals surface area contributed by atoms with Crippen molar-refractivity contribution in [2.75, 3.05) is 6.54 Å². The molecule has 0 fully saturated rings. The molecular weight excluding hydrogens is 202 g/mol. The lowest BCUT2D eigenvalue weighted by Crippen LogP contribution is -2.28. The lowest BCUT2D eigenvalue weighted by molar-refractivity contribution is 0.199. The van der Waals surface area contributed by atoms with E-state index in [1.165, 1.54) is 0 Å². The van der Waals surface area contributed by atoms with Gasteiger partial charge in [0.15, 0.2) is 0 Å². The van der Waals surface area contributed by atoms with Crippen LogP contribution in [-0.4, -0.2) is 12.6 Å². The number of benzene rings is 1. The molecule has 1 atom stereocenters. The molecule has 0 saturated heterocycles. The topological polar surface area (TPSA) is 38.3 Å². The van der Waals surface area contributed by atoms with E-state index in [1.54, 1.807) is 12.1 Å². The Morgan fingerprint density at radius 2 is 2.06 bits per heavy atom. The number of para-hydroxylation sites is 1. The molecule has 3 nitrogen and oxygen atoms in total. The molecular formula is C13H19NO2. The first-order chi connectivity index (χ1) is 7.72. The highest BCUT2D eigenvalue weighted by Gasteiger charge is 2.04. The lowest BCUT2D eigenvalue weighted by Gasteiger charge is -2.09. The summed E-state index contributed by atoms with van der Waals surface area (Å²) in [4.78, 5) is 11.3. The molecule has 3 heteroatoms. The first kappa shape index (κ1) is 12.6. The van der Waals surface area contributed by atoms with E-state index < -0.39 is 0 Å². The number of hydrogen-bond acceptors (Lipinski definition) is 2. The maximum absolute atomic E-state index is 11.3. The van der Waals surface area contributed by atoms with Gasteiger partial charge in [0.1, 0.15) is 5.75 Å². The van der Waals surface area contributed by atoms with Crippen molar-refractivity contribution in [2.45, 2.75) is 26.7 Å². The van der Waals surface area contributed by atoms with Crippen molar-refractivity contribution < 1.29 is 9.53 Å². The summed E-state index contributed by atoms with van der Waals surface area (Å²) in [7, 11) is 0. The van der Waals surface area contributed by atoms with E-state index >= 15 is 0 Å². The number of rotatable bonds is 5. The number of amides is 1. The summed E-state index contributed by atoms with van der Waals surface area (Å²) in [5.41, 5.74) is 0. The SMILES string of the molecule is CCC(C)CCNC(=O)Oc1ccccc1. The van der Waals surface area contributed by atoms with Crippen LogP contribution in [-0.2, 0) is 0 Å². The van der Waals surface area contributed by atoms with Gasteiger partial charge in [-0.25, -0.2) is 4.79 Å². The van der Waals surface area contributed by atoms with Crippen molar-refractivity contribution in [1.29, 1.82) is 0 Å². The molecule has 0 radical (unpaired) electrons. The number of carbonyl (C=O) groups is 1. The quantitative estimate of drug-likeness (QED) is 0.829. The first-order valence-corrected chi connectivity index (χ1v) is 5.73. The van der Waals surface area contributed by atoms with Gasteiger partial charge in [0.25, 0.3) is 0 Å². The Hall–Kier alpha value is -1.51. The zero-order valence-electron chi connectivity index (χ0n) is 9.90. The van der Waals surface area contributed by atoms with Gasteiger partial charge in [-0.05, 0) is 24.5 Å². The highest BCUT2D eigenvalue weighted by Crippen LogP contribution is 2.08. The van der Waals surface area contributed by atoms with Gasteiger partial charge in [0.2, 0.25) is 0 Å². The maximum Gasteiger partial charge on any atom is 0.412 e. The second kappa shape index (κ2) is 6.88. The summed E-state index contributed by atoms with van der Waals surface area (Å²) >= 11 is 0. The van der Waals surface area contributed by atoms with Crippen molar-refractivity contribution in [3.05, 3.63) is 30.3 Å². The summed E-state index contributed by atoms with van der Waals surface area (Å²) in [5.74, 6) is 1.21. The third kappa shape index (κ3) is 4.82. The minimum Gasteiger partial charge on any atom is -0.410 e. The molecule has 1 aromatic rings. The van der Waals surface area contributed by atoms with E-state index in [4.69, 9.17) is 4.74 Å². The van der Waals surface area contributed by atoms with E-state index in [9.17, 15) is 4.79 Å². The van der Waals surface area contributed by atoms with E-state index in [0.29, 0.717) is 18.2 Å². The molecule has 0 aromatic heterocycles. The van der Waals surface area contributed by atoms with Crippen LogP contribution in [0.2, 0.25) is 0 Å². The highest BCUT2D eigenvalue weighted by atomic mass is 16.5. The van der Waals surface area contributed by atoms with Crippen LogP contribution >= 0.6 is 0 Å². The fraction of sp³-hybridized carbons (Fsp3) is 0.462. The number of nitrogens with one attached hydrogen (secondary N) is 1. The molecule has 1 unspecified atom stereocenters. The largest absolute Gasteiger partial charge is 0.412 e. The molecule has 1 rings (SSSR count). The summed E-state index contributed by atoms with van der Waals surface area (Å²) in [6.07, 6.45) is 1.74. The molecule has 1 N–H and O–H groups in total. The number of ether oxygens (including phenoxy) is 1. The average Bonchev–Trinajstić information content (AvgIpc) is 2.30. The zero-order valence-corrected chi connectivity index (χ0v) is 9.90. The molecule has 16 heavy (non-hydrogen) atoms. The molecule has 0 saturated carbocycles. The minimum atomic E-state index is -0.380. The van der Waals surface area contributed by atoms with Crippen LogP contribution in [0.1, 0.15) is 26.7 Å². The van der Waals surface area contributed by atoms with E-state index in [0.717, 1.165) is 12.8 Å².